The van der Waals surface area contributed by atoms with Crippen molar-refractivity contribution in [3.8, 4) is 5.75 Å². The Kier molecular flexibility index (Phi) is 9.42. The molecular weight excluding hydrogens is 290 g/mol. The Balaban J connectivity index is 2.04. The number of nitrogens with one attached hydrogen (secondary N) is 1. The van der Waals surface area contributed by atoms with Crippen LogP contribution in [0.15, 0.2) is 12.1 Å². The third-order valence-electron chi connectivity index (χ3n) is 3.03. The van der Waals surface area contributed by atoms with Crippen molar-refractivity contribution in [2.45, 2.75) is 20.3 Å². The van der Waals surface area contributed by atoms with Gasteiger partial charge in [0.25, 0.3) is 0 Å². The van der Waals surface area contributed by atoms with Crippen LogP contribution in [0.2, 0.25) is 5.02 Å². The highest BCUT2D eigenvalue weighted by atomic mass is 35.5. The van der Waals surface area contributed by atoms with E-state index in [-0.39, 0.29) is 0 Å². The lowest BCUT2D eigenvalue weighted by Gasteiger charge is -2.10. The normalized spacial score (nSPS) is 10.9. The Morgan fingerprint density at radius 2 is 1.71 bits per heavy atom. The second-order valence-corrected chi connectivity index (χ2v) is 5.31. The van der Waals surface area contributed by atoms with Gasteiger partial charge in [0.2, 0.25) is 0 Å². The van der Waals surface area contributed by atoms with Crippen molar-refractivity contribution in [1.82, 2.24) is 5.32 Å². The zero-order valence-electron chi connectivity index (χ0n) is 13.2. The monoisotopic (exact) mass is 315 g/mol. The third-order valence-corrected chi connectivity index (χ3v) is 3.63. The van der Waals surface area contributed by atoms with E-state index >= 15 is 0 Å². The third kappa shape index (κ3) is 7.67. The summed E-state index contributed by atoms with van der Waals surface area (Å²) in [6.45, 7) is 8.38. The van der Waals surface area contributed by atoms with Gasteiger partial charge in [-0.1, -0.05) is 11.6 Å². The van der Waals surface area contributed by atoms with E-state index in [4.69, 9.17) is 25.8 Å². The lowest BCUT2D eigenvalue weighted by molar-refractivity contribution is 0.101. The summed E-state index contributed by atoms with van der Waals surface area (Å²) in [5.74, 6) is 0.843. The summed E-state index contributed by atoms with van der Waals surface area (Å²) in [5, 5.41) is 4.09. The molecule has 1 N–H and O–H groups in total. The molecule has 0 saturated heterocycles. The number of hydrogen-bond acceptors (Lipinski definition) is 4. The van der Waals surface area contributed by atoms with Crippen LogP contribution >= 0.6 is 11.6 Å². The highest BCUT2D eigenvalue weighted by molar-refractivity contribution is 6.32. The summed E-state index contributed by atoms with van der Waals surface area (Å²) in [6, 6.07) is 3.90. The molecule has 21 heavy (non-hydrogen) atoms. The molecule has 120 valence electrons. The van der Waals surface area contributed by atoms with Crippen LogP contribution in [0, 0.1) is 13.8 Å². The fraction of sp³-hybridized carbons (Fsp3) is 0.625. The van der Waals surface area contributed by atoms with E-state index < -0.39 is 0 Å². The molecular formula is C16H26ClNO3. The molecule has 0 amide bonds. The average Bonchev–Trinajstić information content (AvgIpc) is 2.46. The van der Waals surface area contributed by atoms with Gasteiger partial charge in [-0.05, 0) is 50.1 Å². The standard InChI is InChI=1S/C16H26ClNO3/c1-13-11-15(12-14(2)16(13)17)21-10-9-20-8-6-18-5-4-7-19-3/h11-12,18H,4-10H2,1-3H3. The predicted octanol–water partition coefficient (Wildman–Crippen LogP) is 2.98. The van der Waals surface area contributed by atoms with E-state index in [1.54, 1.807) is 7.11 Å². The predicted molar refractivity (Wildman–Crippen MR) is 86.6 cm³/mol. The smallest absolute Gasteiger partial charge is 0.120 e. The van der Waals surface area contributed by atoms with Gasteiger partial charge in [-0.15, -0.1) is 0 Å². The second-order valence-electron chi connectivity index (χ2n) is 4.93. The first-order valence-corrected chi connectivity index (χ1v) is 7.70. The first kappa shape index (κ1) is 18.2. The summed E-state index contributed by atoms with van der Waals surface area (Å²) in [5.41, 5.74) is 2.07. The molecule has 4 nitrogen and oxygen atoms in total. The Morgan fingerprint density at radius 1 is 1.00 bits per heavy atom. The minimum Gasteiger partial charge on any atom is -0.491 e. The molecule has 5 heteroatoms. The highest BCUT2D eigenvalue weighted by Crippen LogP contribution is 2.25. The van der Waals surface area contributed by atoms with Crippen LogP contribution in [-0.2, 0) is 9.47 Å². The van der Waals surface area contributed by atoms with Crippen molar-refractivity contribution in [2.24, 2.45) is 0 Å². The van der Waals surface area contributed by atoms with E-state index in [0.717, 1.165) is 48.0 Å². The van der Waals surface area contributed by atoms with Gasteiger partial charge < -0.3 is 19.5 Å². The number of hydrogen-bond donors (Lipinski definition) is 1. The number of rotatable bonds is 11. The molecule has 0 aliphatic rings. The fourth-order valence-electron chi connectivity index (χ4n) is 1.92. The molecule has 0 aliphatic heterocycles. The van der Waals surface area contributed by atoms with E-state index in [1.165, 1.54) is 0 Å². The maximum absolute atomic E-state index is 6.12. The van der Waals surface area contributed by atoms with E-state index in [1.807, 2.05) is 26.0 Å². The molecule has 0 heterocycles. The number of benzene rings is 1. The Hall–Kier alpha value is -0.810. The van der Waals surface area contributed by atoms with Crippen LogP contribution in [0.25, 0.3) is 0 Å². The summed E-state index contributed by atoms with van der Waals surface area (Å²) < 4.78 is 16.1. The quantitative estimate of drug-likeness (QED) is 0.637. The van der Waals surface area contributed by atoms with E-state index in [0.29, 0.717) is 19.8 Å². The molecule has 0 spiro atoms. The SMILES string of the molecule is COCCCNCCOCCOc1cc(C)c(Cl)c(C)c1. The molecule has 1 aromatic rings. The number of aryl methyl sites for hydroxylation is 2. The van der Waals surface area contributed by atoms with Crippen LogP contribution in [0.3, 0.4) is 0 Å². The fourth-order valence-corrected chi connectivity index (χ4v) is 2.03. The van der Waals surface area contributed by atoms with Gasteiger partial charge >= 0.3 is 0 Å². The molecule has 1 rings (SSSR count). The van der Waals surface area contributed by atoms with Crippen LogP contribution in [0.1, 0.15) is 17.5 Å². The Morgan fingerprint density at radius 3 is 2.38 bits per heavy atom. The van der Waals surface area contributed by atoms with Gasteiger partial charge in [0, 0.05) is 25.3 Å². The molecule has 0 fully saturated rings. The first-order valence-electron chi connectivity index (χ1n) is 7.32. The number of methoxy groups -OCH3 is 1. The summed E-state index contributed by atoms with van der Waals surface area (Å²) in [7, 11) is 1.72. The zero-order valence-corrected chi connectivity index (χ0v) is 14.0. The maximum atomic E-state index is 6.12. The van der Waals surface area contributed by atoms with Gasteiger partial charge in [-0.25, -0.2) is 0 Å². The molecule has 0 aromatic heterocycles. The van der Waals surface area contributed by atoms with Crippen molar-refractivity contribution < 1.29 is 14.2 Å². The maximum Gasteiger partial charge on any atom is 0.120 e. The topological polar surface area (TPSA) is 39.7 Å². The van der Waals surface area contributed by atoms with Crippen molar-refractivity contribution in [3.05, 3.63) is 28.3 Å². The Labute approximate surface area is 132 Å². The number of ether oxygens (including phenoxy) is 3. The summed E-state index contributed by atoms with van der Waals surface area (Å²) in [6.07, 6.45) is 1.02. The van der Waals surface area contributed by atoms with Gasteiger partial charge in [0.15, 0.2) is 0 Å². The average molecular weight is 316 g/mol. The van der Waals surface area contributed by atoms with Gasteiger partial charge in [0.05, 0.1) is 13.2 Å². The van der Waals surface area contributed by atoms with Crippen molar-refractivity contribution in [3.63, 3.8) is 0 Å². The van der Waals surface area contributed by atoms with Gasteiger partial charge in [-0.2, -0.15) is 0 Å². The molecule has 1 aromatic carbocycles. The second kappa shape index (κ2) is 10.9. The minimum absolute atomic E-state index is 0.546. The van der Waals surface area contributed by atoms with E-state index in [2.05, 4.69) is 5.32 Å². The number of halogens is 1. The molecule has 0 bridgehead atoms. The largest absolute Gasteiger partial charge is 0.491 e. The Bertz CT molecular complexity index is 390. The first-order chi connectivity index (χ1) is 10.1. The molecule has 0 aliphatic carbocycles. The van der Waals surface area contributed by atoms with Crippen LogP contribution in [0.5, 0.6) is 5.75 Å². The highest BCUT2D eigenvalue weighted by Gasteiger charge is 2.03. The molecule has 0 unspecified atom stereocenters. The molecule has 0 atom stereocenters. The minimum atomic E-state index is 0.546. The van der Waals surface area contributed by atoms with Crippen molar-refractivity contribution in [1.29, 1.82) is 0 Å². The lowest BCUT2D eigenvalue weighted by Crippen LogP contribution is -2.22. The van der Waals surface area contributed by atoms with Gasteiger partial charge in [-0.3, -0.25) is 0 Å². The molecule has 0 saturated carbocycles. The summed E-state index contributed by atoms with van der Waals surface area (Å²) in [4.78, 5) is 0. The van der Waals surface area contributed by atoms with Gasteiger partial charge in [0.1, 0.15) is 12.4 Å². The van der Waals surface area contributed by atoms with Crippen molar-refractivity contribution >= 4 is 11.6 Å². The van der Waals surface area contributed by atoms with Crippen molar-refractivity contribution in [2.75, 3.05) is 46.6 Å². The van der Waals surface area contributed by atoms with E-state index in [9.17, 15) is 0 Å². The lowest BCUT2D eigenvalue weighted by atomic mass is 10.1. The molecule has 0 radical (unpaired) electrons. The summed E-state index contributed by atoms with van der Waals surface area (Å²) >= 11 is 6.12. The zero-order chi connectivity index (χ0) is 15.5. The van der Waals surface area contributed by atoms with Crippen LogP contribution in [-0.4, -0.2) is 46.6 Å². The van der Waals surface area contributed by atoms with Crippen LogP contribution in [0.4, 0.5) is 0 Å². The van der Waals surface area contributed by atoms with Crippen LogP contribution < -0.4 is 10.1 Å².